The normalized spacial score (nSPS) is 11.6. The Morgan fingerprint density at radius 2 is 2.04 bits per heavy atom. The highest BCUT2D eigenvalue weighted by molar-refractivity contribution is 7.11. The summed E-state index contributed by atoms with van der Waals surface area (Å²) in [4.78, 5) is 29.1. The van der Waals surface area contributed by atoms with Crippen LogP contribution in [-0.2, 0) is 11.8 Å². The molecular formula is C15H14Cl2N2O3S. The number of ether oxygens (including phenoxy) is 1. The number of hydrogen-bond donors (Lipinski definition) is 0. The second-order valence-electron chi connectivity index (χ2n) is 4.62. The predicted molar refractivity (Wildman–Crippen MR) is 90.3 cm³/mol. The van der Waals surface area contributed by atoms with Gasteiger partial charge in [-0.15, -0.1) is 0 Å². The average molecular weight is 373 g/mol. The van der Waals surface area contributed by atoms with Crippen LogP contribution in [0.2, 0.25) is 10.0 Å². The third-order valence-electron chi connectivity index (χ3n) is 3.13. The molecule has 0 saturated heterocycles. The fraction of sp³-hybridized carbons (Fsp3) is 0.267. The van der Waals surface area contributed by atoms with Gasteiger partial charge in [0.15, 0.2) is 4.80 Å². The van der Waals surface area contributed by atoms with Crippen LogP contribution in [0.15, 0.2) is 23.2 Å². The molecular weight excluding hydrogens is 359 g/mol. The monoisotopic (exact) mass is 372 g/mol. The van der Waals surface area contributed by atoms with Crippen molar-refractivity contribution in [1.82, 2.24) is 4.57 Å². The Morgan fingerprint density at radius 1 is 1.35 bits per heavy atom. The first-order chi connectivity index (χ1) is 10.8. The van der Waals surface area contributed by atoms with Gasteiger partial charge >= 0.3 is 5.97 Å². The Labute approximate surface area is 147 Å². The second-order valence-corrected chi connectivity index (χ2v) is 6.44. The van der Waals surface area contributed by atoms with Gasteiger partial charge in [-0.05, 0) is 32.0 Å². The lowest BCUT2D eigenvalue weighted by atomic mass is 10.2. The lowest BCUT2D eigenvalue weighted by Gasteiger charge is -2.00. The molecule has 1 aromatic heterocycles. The van der Waals surface area contributed by atoms with Crippen molar-refractivity contribution in [2.45, 2.75) is 13.8 Å². The van der Waals surface area contributed by atoms with E-state index in [9.17, 15) is 9.59 Å². The molecule has 0 aliphatic rings. The number of thiazole rings is 1. The van der Waals surface area contributed by atoms with E-state index in [0.717, 1.165) is 11.3 Å². The van der Waals surface area contributed by atoms with Crippen LogP contribution in [-0.4, -0.2) is 23.1 Å². The SMILES string of the molecule is CCOC(=O)c1sc(=NC(=O)c2cc(Cl)ccc2Cl)n(C)c1C. The van der Waals surface area contributed by atoms with Crippen LogP contribution in [0, 0.1) is 6.92 Å². The van der Waals surface area contributed by atoms with Crippen molar-refractivity contribution in [3.63, 3.8) is 0 Å². The topological polar surface area (TPSA) is 60.7 Å². The molecule has 122 valence electrons. The third-order valence-corrected chi connectivity index (χ3v) is 4.91. The number of hydrogen-bond acceptors (Lipinski definition) is 4. The lowest BCUT2D eigenvalue weighted by molar-refractivity contribution is 0.0530. The van der Waals surface area contributed by atoms with Crippen molar-refractivity contribution in [2.24, 2.45) is 12.0 Å². The first-order valence-electron chi connectivity index (χ1n) is 6.72. The summed E-state index contributed by atoms with van der Waals surface area (Å²) in [5, 5.41) is 0.664. The molecule has 0 aliphatic carbocycles. The Kier molecular flexibility index (Phi) is 5.62. The van der Waals surface area contributed by atoms with Gasteiger partial charge in [0.25, 0.3) is 5.91 Å². The molecule has 1 amide bonds. The van der Waals surface area contributed by atoms with E-state index in [0.29, 0.717) is 20.4 Å². The molecule has 2 aromatic rings. The molecule has 0 spiro atoms. The first kappa shape index (κ1) is 17.7. The molecule has 0 fully saturated rings. The summed E-state index contributed by atoms with van der Waals surface area (Å²) < 4.78 is 6.65. The number of halogens is 2. The van der Waals surface area contributed by atoms with Gasteiger partial charge in [-0.3, -0.25) is 4.79 Å². The van der Waals surface area contributed by atoms with Crippen molar-refractivity contribution in [2.75, 3.05) is 6.61 Å². The molecule has 5 nitrogen and oxygen atoms in total. The minimum absolute atomic E-state index is 0.211. The summed E-state index contributed by atoms with van der Waals surface area (Å²) in [5.41, 5.74) is 0.889. The average Bonchev–Trinajstić information content (AvgIpc) is 2.78. The van der Waals surface area contributed by atoms with E-state index >= 15 is 0 Å². The highest BCUT2D eigenvalue weighted by Gasteiger charge is 2.17. The number of nitrogens with zero attached hydrogens (tertiary/aromatic N) is 2. The maximum atomic E-state index is 12.3. The van der Waals surface area contributed by atoms with Gasteiger partial charge in [-0.2, -0.15) is 4.99 Å². The van der Waals surface area contributed by atoms with Crippen LogP contribution in [0.25, 0.3) is 0 Å². The van der Waals surface area contributed by atoms with E-state index in [-0.39, 0.29) is 17.2 Å². The van der Waals surface area contributed by atoms with Crippen molar-refractivity contribution >= 4 is 46.4 Å². The molecule has 2 rings (SSSR count). The number of aromatic nitrogens is 1. The fourth-order valence-electron chi connectivity index (χ4n) is 1.82. The smallest absolute Gasteiger partial charge is 0.350 e. The molecule has 1 aromatic carbocycles. The van der Waals surface area contributed by atoms with E-state index in [1.54, 1.807) is 31.5 Å². The standard InChI is InChI=1S/C15H14Cl2N2O3S/c1-4-22-14(21)12-8(2)19(3)15(23-12)18-13(20)10-7-9(16)5-6-11(10)17/h5-7H,4H2,1-3H3. The highest BCUT2D eigenvalue weighted by atomic mass is 35.5. The van der Waals surface area contributed by atoms with Crippen LogP contribution in [0.3, 0.4) is 0 Å². The van der Waals surface area contributed by atoms with Crippen molar-refractivity contribution in [3.05, 3.63) is 49.2 Å². The molecule has 0 saturated carbocycles. The van der Waals surface area contributed by atoms with Crippen LogP contribution in [0.5, 0.6) is 0 Å². The molecule has 23 heavy (non-hydrogen) atoms. The van der Waals surface area contributed by atoms with E-state index in [2.05, 4.69) is 4.99 Å². The van der Waals surface area contributed by atoms with Gasteiger partial charge in [0, 0.05) is 17.8 Å². The molecule has 0 unspecified atom stereocenters. The summed E-state index contributed by atoms with van der Waals surface area (Å²) >= 11 is 13.0. The molecule has 1 heterocycles. The van der Waals surface area contributed by atoms with Crippen LogP contribution < -0.4 is 4.80 Å². The Hall–Kier alpha value is -1.63. The zero-order chi connectivity index (χ0) is 17.1. The van der Waals surface area contributed by atoms with Gasteiger partial charge in [-0.1, -0.05) is 34.5 Å². The number of amides is 1. The molecule has 0 radical (unpaired) electrons. The second kappa shape index (κ2) is 7.29. The van der Waals surface area contributed by atoms with Crippen LogP contribution in [0.4, 0.5) is 0 Å². The Balaban J connectivity index is 2.47. The van der Waals surface area contributed by atoms with Crippen molar-refractivity contribution < 1.29 is 14.3 Å². The maximum Gasteiger partial charge on any atom is 0.350 e. The largest absolute Gasteiger partial charge is 0.462 e. The van der Waals surface area contributed by atoms with Crippen LogP contribution >= 0.6 is 34.5 Å². The molecule has 8 heteroatoms. The minimum Gasteiger partial charge on any atom is -0.462 e. The Morgan fingerprint density at radius 3 is 2.70 bits per heavy atom. The minimum atomic E-state index is -0.523. The summed E-state index contributed by atoms with van der Waals surface area (Å²) in [6.07, 6.45) is 0. The van der Waals surface area contributed by atoms with Gasteiger partial charge in [0.1, 0.15) is 4.88 Å². The van der Waals surface area contributed by atoms with Gasteiger partial charge in [-0.25, -0.2) is 4.79 Å². The third kappa shape index (κ3) is 3.83. The van der Waals surface area contributed by atoms with E-state index in [1.165, 1.54) is 12.1 Å². The zero-order valence-electron chi connectivity index (χ0n) is 12.7. The number of rotatable bonds is 3. The molecule has 0 bridgehead atoms. The molecule has 0 aliphatic heterocycles. The zero-order valence-corrected chi connectivity index (χ0v) is 15.1. The van der Waals surface area contributed by atoms with Crippen molar-refractivity contribution in [3.8, 4) is 0 Å². The highest BCUT2D eigenvalue weighted by Crippen LogP contribution is 2.21. The first-order valence-corrected chi connectivity index (χ1v) is 8.30. The summed E-state index contributed by atoms with van der Waals surface area (Å²) in [7, 11) is 1.72. The fourth-order valence-corrected chi connectivity index (χ4v) is 3.20. The van der Waals surface area contributed by atoms with Gasteiger partial charge < -0.3 is 9.30 Å². The summed E-state index contributed by atoms with van der Waals surface area (Å²) in [5.74, 6) is -0.954. The van der Waals surface area contributed by atoms with Crippen molar-refractivity contribution in [1.29, 1.82) is 0 Å². The summed E-state index contributed by atoms with van der Waals surface area (Å²) in [6.45, 7) is 3.78. The number of esters is 1. The number of carbonyl (C=O) groups excluding carboxylic acids is 2. The quantitative estimate of drug-likeness (QED) is 0.772. The van der Waals surface area contributed by atoms with E-state index in [1.807, 2.05) is 0 Å². The number of benzene rings is 1. The maximum absolute atomic E-state index is 12.3. The molecule has 0 N–H and O–H groups in total. The van der Waals surface area contributed by atoms with Gasteiger partial charge in [0.05, 0.1) is 17.2 Å². The summed E-state index contributed by atoms with van der Waals surface area (Å²) in [6, 6.07) is 4.59. The predicted octanol–water partition coefficient (Wildman–Crippen LogP) is 3.62. The van der Waals surface area contributed by atoms with E-state index < -0.39 is 11.9 Å². The lowest BCUT2D eigenvalue weighted by Crippen LogP contribution is -2.14. The van der Waals surface area contributed by atoms with Gasteiger partial charge in [0.2, 0.25) is 0 Å². The van der Waals surface area contributed by atoms with Crippen LogP contribution in [0.1, 0.15) is 32.6 Å². The molecule has 0 atom stereocenters. The Bertz CT molecular complexity index is 840. The van der Waals surface area contributed by atoms with E-state index in [4.69, 9.17) is 27.9 Å². The number of carbonyl (C=O) groups is 2.